The van der Waals surface area contributed by atoms with Crippen LogP contribution in [0.25, 0.3) is 0 Å². The number of nitrogens with one attached hydrogen (secondary N) is 1. The molecule has 2 fully saturated rings. The zero-order valence-corrected chi connectivity index (χ0v) is 17.4. The molecule has 158 valence electrons. The van der Waals surface area contributed by atoms with E-state index in [-0.39, 0.29) is 18.2 Å². The first kappa shape index (κ1) is 20.5. The van der Waals surface area contributed by atoms with Gasteiger partial charge in [-0.3, -0.25) is 19.5 Å². The van der Waals surface area contributed by atoms with Gasteiger partial charge in [-0.1, -0.05) is 42.8 Å². The van der Waals surface area contributed by atoms with Crippen LogP contribution in [0.2, 0.25) is 0 Å². The Bertz CT molecular complexity index is 839. The summed E-state index contributed by atoms with van der Waals surface area (Å²) in [5.74, 6) is 0.593. The first-order valence-corrected chi connectivity index (χ1v) is 10.9. The average Bonchev–Trinajstić information content (AvgIpc) is 2.73. The molecular formula is C24H30N4O2. The van der Waals surface area contributed by atoms with Crippen molar-refractivity contribution < 1.29 is 9.59 Å². The van der Waals surface area contributed by atoms with Gasteiger partial charge >= 0.3 is 0 Å². The number of hydrogen-bond acceptors (Lipinski definition) is 4. The fourth-order valence-corrected chi connectivity index (χ4v) is 4.24. The van der Waals surface area contributed by atoms with Crippen molar-refractivity contribution >= 4 is 11.8 Å². The fraction of sp³-hybridized carbons (Fsp3) is 0.458. The number of amides is 2. The summed E-state index contributed by atoms with van der Waals surface area (Å²) in [6, 6.07) is 13.6. The van der Waals surface area contributed by atoms with Gasteiger partial charge in [0.05, 0.1) is 12.5 Å². The highest BCUT2D eigenvalue weighted by Gasteiger charge is 2.34. The van der Waals surface area contributed by atoms with Crippen LogP contribution < -0.4 is 5.32 Å². The first-order chi connectivity index (χ1) is 14.7. The van der Waals surface area contributed by atoms with Gasteiger partial charge in [-0.2, -0.15) is 0 Å². The van der Waals surface area contributed by atoms with Crippen LogP contribution in [0.5, 0.6) is 0 Å². The molecule has 1 aliphatic carbocycles. The number of rotatable bonds is 8. The molecule has 2 heterocycles. The summed E-state index contributed by atoms with van der Waals surface area (Å²) in [7, 11) is 0. The third kappa shape index (κ3) is 5.25. The molecule has 2 aliphatic rings. The number of carbonyl (C=O) groups excluding carboxylic acids is 2. The van der Waals surface area contributed by atoms with Crippen molar-refractivity contribution in [1.29, 1.82) is 0 Å². The van der Waals surface area contributed by atoms with Crippen molar-refractivity contribution in [3.8, 4) is 0 Å². The van der Waals surface area contributed by atoms with Crippen molar-refractivity contribution in [1.82, 2.24) is 20.1 Å². The van der Waals surface area contributed by atoms with Gasteiger partial charge in [-0.05, 0) is 36.0 Å². The monoisotopic (exact) mass is 406 g/mol. The van der Waals surface area contributed by atoms with Crippen molar-refractivity contribution in [2.24, 2.45) is 5.92 Å². The van der Waals surface area contributed by atoms with E-state index in [0.717, 1.165) is 24.2 Å². The maximum absolute atomic E-state index is 13.3. The molecule has 1 aromatic carbocycles. The SMILES string of the molecule is O=C1NCCN(Cc2cccnc2)C1CC(=O)N(Cc1ccccc1)CC1CCC1. The highest BCUT2D eigenvalue weighted by molar-refractivity contribution is 5.88. The zero-order valence-electron chi connectivity index (χ0n) is 17.4. The van der Waals surface area contributed by atoms with E-state index < -0.39 is 6.04 Å². The summed E-state index contributed by atoms with van der Waals surface area (Å²) in [5.41, 5.74) is 2.19. The smallest absolute Gasteiger partial charge is 0.237 e. The Balaban J connectivity index is 1.46. The minimum Gasteiger partial charge on any atom is -0.353 e. The Hall–Kier alpha value is -2.73. The van der Waals surface area contributed by atoms with Crippen LogP contribution in [0.1, 0.15) is 36.8 Å². The number of pyridine rings is 1. The Morgan fingerprint density at radius 3 is 2.63 bits per heavy atom. The summed E-state index contributed by atoms with van der Waals surface area (Å²) >= 11 is 0. The summed E-state index contributed by atoms with van der Waals surface area (Å²) in [5, 5.41) is 2.94. The number of hydrogen-bond donors (Lipinski definition) is 1. The molecule has 6 heteroatoms. The van der Waals surface area contributed by atoms with Crippen LogP contribution in [0.15, 0.2) is 54.9 Å². The molecule has 1 aliphatic heterocycles. The van der Waals surface area contributed by atoms with Crippen molar-refractivity contribution in [3.63, 3.8) is 0 Å². The summed E-state index contributed by atoms with van der Waals surface area (Å²) < 4.78 is 0. The lowest BCUT2D eigenvalue weighted by Crippen LogP contribution is -2.56. The molecule has 0 radical (unpaired) electrons. The fourth-order valence-electron chi connectivity index (χ4n) is 4.24. The van der Waals surface area contributed by atoms with Gasteiger partial charge in [0.15, 0.2) is 0 Å². The molecule has 4 rings (SSSR count). The molecule has 2 amide bonds. The lowest BCUT2D eigenvalue weighted by Gasteiger charge is -2.37. The number of benzene rings is 1. The molecule has 6 nitrogen and oxygen atoms in total. The minimum atomic E-state index is -0.439. The third-order valence-electron chi connectivity index (χ3n) is 6.19. The van der Waals surface area contributed by atoms with E-state index in [1.165, 1.54) is 19.3 Å². The second-order valence-electron chi connectivity index (χ2n) is 8.40. The highest BCUT2D eigenvalue weighted by Crippen LogP contribution is 2.28. The van der Waals surface area contributed by atoms with E-state index in [1.54, 1.807) is 6.20 Å². The second-order valence-corrected chi connectivity index (χ2v) is 8.40. The van der Waals surface area contributed by atoms with Crippen LogP contribution in [-0.4, -0.2) is 52.3 Å². The van der Waals surface area contributed by atoms with E-state index in [4.69, 9.17) is 0 Å². The van der Waals surface area contributed by atoms with Gasteiger partial charge in [0.1, 0.15) is 0 Å². The summed E-state index contributed by atoms with van der Waals surface area (Å²) in [4.78, 5) is 34.3. The van der Waals surface area contributed by atoms with E-state index >= 15 is 0 Å². The van der Waals surface area contributed by atoms with Crippen molar-refractivity contribution in [2.75, 3.05) is 19.6 Å². The van der Waals surface area contributed by atoms with Crippen molar-refractivity contribution in [2.45, 2.75) is 44.8 Å². The predicted octanol–water partition coefficient (Wildman–Crippen LogP) is 2.60. The quantitative estimate of drug-likeness (QED) is 0.732. The standard InChI is InChI=1S/C24H30N4O2/c29-23(28(17-20-8-4-9-20)16-19-6-2-1-3-7-19)14-22-24(30)26-12-13-27(22)18-21-10-5-11-25-15-21/h1-3,5-7,10-11,15,20,22H,4,8-9,12-14,16-18H2,(H,26,30). The Kier molecular flexibility index (Phi) is 6.74. The van der Waals surface area contributed by atoms with Crippen molar-refractivity contribution in [3.05, 3.63) is 66.0 Å². The Morgan fingerprint density at radius 1 is 1.13 bits per heavy atom. The topological polar surface area (TPSA) is 65.5 Å². The van der Waals surface area contributed by atoms with Crippen LogP contribution >= 0.6 is 0 Å². The molecule has 1 aromatic heterocycles. The summed E-state index contributed by atoms with van der Waals surface area (Å²) in [6.45, 7) is 3.36. The van der Waals surface area contributed by atoms with Gasteiger partial charge in [-0.15, -0.1) is 0 Å². The van der Waals surface area contributed by atoms with Gasteiger partial charge in [0, 0.05) is 45.1 Å². The first-order valence-electron chi connectivity index (χ1n) is 10.9. The normalized spacial score (nSPS) is 19.7. The number of nitrogens with zero attached hydrogens (tertiary/aromatic N) is 3. The van der Waals surface area contributed by atoms with Gasteiger partial charge in [0.2, 0.25) is 11.8 Å². The van der Waals surface area contributed by atoms with Gasteiger partial charge in [0.25, 0.3) is 0 Å². The maximum Gasteiger partial charge on any atom is 0.237 e. The van der Waals surface area contributed by atoms with E-state index in [9.17, 15) is 9.59 Å². The largest absolute Gasteiger partial charge is 0.353 e. The van der Waals surface area contributed by atoms with Crippen LogP contribution in [0, 0.1) is 5.92 Å². The van der Waals surface area contributed by atoms with Gasteiger partial charge < -0.3 is 10.2 Å². The molecule has 2 aromatic rings. The third-order valence-corrected chi connectivity index (χ3v) is 6.19. The molecule has 1 atom stereocenters. The van der Waals surface area contributed by atoms with Crippen LogP contribution in [0.4, 0.5) is 0 Å². The molecule has 0 spiro atoms. The molecule has 1 saturated carbocycles. The van der Waals surface area contributed by atoms with Gasteiger partial charge in [-0.25, -0.2) is 0 Å². The van der Waals surface area contributed by atoms with Crippen LogP contribution in [0.3, 0.4) is 0 Å². The predicted molar refractivity (Wildman–Crippen MR) is 115 cm³/mol. The zero-order chi connectivity index (χ0) is 20.8. The Labute approximate surface area is 178 Å². The van der Waals surface area contributed by atoms with Crippen LogP contribution in [-0.2, 0) is 22.7 Å². The molecular weight excluding hydrogens is 376 g/mol. The lowest BCUT2D eigenvalue weighted by atomic mass is 9.85. The number of aromatic nitrogens is 1. The lowest BCUT2D eigenvalue weighted by molar-refractivity contribution is -0.140. The molecule has 0 bridgehead atoms. The number of piperazine rings is 1. The second kappa shape index (κ2) is 9.85. The minimum absolute atomic E-state index is 0.0539. The maximum atomic E-state index is 13.3. The summed E-state index contributed by atoms with van der Waals surface area (Å²) in [6.07, 6.45) is 7.41. The number of carbonyl (C=O) groups is 2. The highest BCUT2D eigenvalue weighted by atomic mass is 16.2. The Morgan fingerprint density at radius 2 is 1.93 bits per heavy atom. The average molecular weight is 407 g/mol. The van der Waals surface area contributed by atoms with E-state index in [1.807, 2.05) is 41.4 Å². The van der Waals surface area contributed by atoms with E-state index in [2.05, 4.69) is 27.3 Å². The molecule has 1 N–H and O–H groups in total. The molecule has 1 saturated heterocycles. The molecule has 30 heavy (non-hydrogen) atoms. The molecule has 1 unspecified atom stereocenters. The van der Waals surface area contributed by atoms with E-state index in [0.29, 0.717) is 25.6 Å².